The van der Waals surface area contributed by atoms with Gasteiger partial charge in [-0.2, -0.15) is 0 Å². The van der Waals surface area contributed by atoms with Crippen LogP contribution >= 0.6 is 34.7 Å². The number of benzene rings is 3. The summed E-state index contributed by atoms with van der Waals surface area (Å²) in [4.78, 5) is 18.7. The Morgan fingerprint density at radius 1 is 1.03 bits per heavy atom. The van der Waals surface area contributed by atoms with Gasteiger partial charge in [0.15, 0.2) is 5.13 Å². The Balaban J connectivity index is 1.55. The van der Waals surface area contributed by atoms with E-state index >= 15 is 0 Å². The number of anilines is 2. The lowest BCUT2D eigenvalue weighted by atomic mass is 10.1. The largest absolute Gasteiger partial charge is 0.399 e. The zero-order chi connectivity index (χ0) is 20.9. The predicted molar refractivity (Wildman–Crippen MR) is 127 cm³/mol. The second-order valence-electron chi connectivity index (χ2n) is 6.52. The van der Waals surface area contributed by atoms with Crippen LogP contribution in [0.1, 0.15) is 10.8 Å². The van der Waals surface area contributed by atoms with E-state index in [-0.39, 0.29) is 5.91 Å². The van der Waals surface area contributed by atoms with Gasteiger partial charge in [-0.05, 0) is 35.9 Å². The lowest BCUT2D eigenvalue weighted by Gasteiger charge is -2.16. The van der Waals surface area contributed by atoms with Crippen molar-refractivity contribution in [3.05, 3.63) is 94.8 Å². The molecule has 4 rings (SSSR count). The van der Waals surface area contributed by atoms with Crippen molar-refractivity contribution in [2.75, 3.05) is 11.1 Å². The molecule has 0 radical (unpaired) electrons. The van der Waals surface area contributed by atoms with Gasteiger partial charge in [-0.3, -0.25) is 4.79 Å². The van der Waals surface area contributed by atoms with Crippen LogP contribution in [0.4, 0.5) is 10.8 Å². The first kappa shape index (κ1) is 20.5. The summed E-state index contributed by atoms with van der Waals surface area (Å²) < 4.78 is 0. The van der Waals surface area contributed by atoms with Crippen LogP contribution in [0.25, 0.3) is 11.3 Å². The average molecular weight is 452 g/mol. The van der Waals surface area contributed by atoms with Crippen molar-refractivity contribution < 1.29 is 4.79 Å². The van der Waals surface area contributed by atoms with Crippen LogP contribution in [0.2, 0.25) is 5.02 Å². The smallest absolute Gasteiger partial charge is 0.244 e. The zero-order valence-corrected chi connectivity index (χ0v) is 18.2. The van der Waals surface area contributed by atoms with Gasteiger partial charge < -0.3 is 11.1 Å². The molecule has 0 saturated carbocycles. The van der Waals surface area contributed by atoms with E-state index in [2.05, 4.69) is 10.3 Å². The molecule has 0 bridgehead atoms. The Bertz CT molecular complexity index is 1150. The monoisotopic (exact) mass is 451 g/mol. The van der Waals surface area contributed by atoms with Crippen molar-refractivity contribution in [2.24, 2.45) is 0 Å². The summed E-state index contributed by atoms with van der Waals surface area (Å²) in [5.41, 5.74) is 9.24. The number of nitrogens with zero attached hydrogens (tertiary/aromatic N) is 1. The molecular weight excluding hydrogens is 434 g/mol. The van der Waals surface area contributed by atoms with E-state index in [1.165, 1.54) is 23.1 Å². The number of carbonyl (C=O) groups is 1. The van der Waals surface area contributed by atoms with E-state index in [0.29, 0.717) is 15.8 Å². The highest BCUT2D eigenvalue weighted by Gasteiger charge is 2.23. The number of hydrogen-bond acceptors (Lipinski definition) is 5. The molecule has 0 aliphatic carbocycles. The van der Waals surface area contributed by atoms with Crippen LogP contribution in [0.15, 0.2) is 89.1 Å². The van der Waals surface area contributed by atoms with Gasteiger partial charge >= 0.3 is 0 Å². The van der Waals surface area contributed by atoms with Gasteiger partial charge in [0.05, 0.1) is 5.69 Å². The van der Waals surface area contributed by atoms with E-state index < -0.39 is 5.25 Å². The molecule has 0 saturated heterocycles. The maximum Gasteiger partial charge on any atom is 0.244 e. The number of nitrogens with one attached hydrogen (secondary N) is 1. The number of aromatic nitrogens is 1. The van der Waals surface area contributed by atoms with Crippen molar-refractivity contribution in [2.45, 2.75) is 10.1 Å². The number of rotatable bonds is 6. The second kappa shape index (κ2) is 9.34. The summed E-state index contributed by atoms with van der Waals surface area (Å²) in [7, 11) is 0. The summed E-state index contributed by atoms with van der Waals surface area (Å²) in [6.45, 7) is 0. The van der Waals surface area contributed by atoms with Crippen molar-refractivity contribution in [1.82, 2.24) is 4.98 Å². The van der Waals surface area contributed by atoms with Crippen LogP contribution in [-0.2, 0) is 4.79 Å². The zero-order valence-electron chi connectivity index (χ0n) is 15.8. The van der Waals surface area contributed by atoms with E-state index in [4.69, 9.17) is 17.3 Å². The Morgan fingerprint density at radius 3 is 2.53 bits per heavy atom. The van der Waals surface area contributed by atoms with E-state index in [9.17, 15) is 4.79 Å². The summed E-state index contributed by atoms with van der Waals surface area (Å²) in [6, 6.07) is 24.7. The molecule has 0 aliphatic heterocycles. The molecule has 7 heteroatoms. The lowest BCUT2D eigenvalue weighted by Crippen LogP contribution is -2.19. The van der Waals surface area contributed by atoms with Gasteiger partial charge in [-0.25, -0.2) is 4.98 Å². The summed E-state index contributed by atoms with van der Waals surface area (Å²) >= 11 is 8.81. The molecule has 1 heterocycles. The van der Waals surface area contributed by atoms with Gasteiger partial charge in [0.2, 0.25) is 5.91 Å². The molecule has 30 heavy (non-hydrogen) atoms. The normalized spacial score (nSPS) is 11.8. The van der Waals surface area contributed by atoms with Gasteiger partial charge in [0.25, 0.3) is 0 Å². The Labute approximate surface area is 188 Å². The standard InChI is InChI=1S/C23H18ClN3OS2/c24-17-11-9-15(10-12-17)20-14-29-23(26-20)27-22(28)21(16-5-2-1-3-6-16)30-19-8-4-7-18(25)13-19/h1-14,21H,25H2,(H,26,27,28). The van der Waals surface area contributed by atoms with Crippen LogP contribution in [-0.4, -0.2) is 10.9 Å². The number of hydrogen-bond donors (Lipinski definition) is 2. The van der Waals surface area contributed by atoms with Crippen LogP contribution < -0.4 is 11.1 Å². The molecule has 0 spiro atoms. The number of thioether (sulfide) groups is 1. The van der Waals surface area contributed by atoms with Crippen LogP contribution in [0.3, 0.4) is 0 Å². The van der Waals surface area contributed by atoms with Crippen molar-refractivity contribution >= 4 is 51.4 Å². The summed E-state index contributed by atoms with van der Waals surface area (Å²) in [5, 5.41) is 5.68. The quantitative estimate of drug-likeness (QED) is 0.258. The third kappa shape index (κ3) is 5.02. The highest BCUT2D eigenvalue weighted by molar-refractivity contribution is 8.00. The number of thiazole rings is 1. The first-order chi connectivity index (χ1) is 14.6. The molecule has 0 fully saturated rings. The molecule has 1 amide bonds. The Hall–Kier alpha value is -2.80. The number of halogens is 1. The minimum absolute atomic E-state index is 0.134. The van der Waals surface area contributed by atoms with Crippen molar-refractivity contribution in [1.29, 1.82) is 0 Å². The average Bonchev–Trinajstić information content (AvgIpc) is 3.21. The summed E-state index contributed by atoms with van der Waals surface area (Å²) in [5.74, 6) is -0.134. The first-order valence-corrected chi connectivity index (χ1v) is 11.3. The minimum Gasteiger partial charge on any atom is -0.399 e. The summed E-state index contributed by atoms with van der Waals surface area (Å²) in [6.07, 6.45) is 0. The van der Waals surface area contributed by atoms with Crippen LogP contribution in [0.5, 0.6) is 0 Å². The van der Waals surface area contributed by atoms with Gasteiger partial charge in [0.1, 0.15) is 5.25 Å². The van der Waals surface area contributed by atoms with Gasteiger partial charge in [0, 0.05) is 26.5 Å². The highest BCUT2D eigenvalue weighted by atomic mass is 35.5. The molecule has 150 valence electrons. The molecule has 4 nitrogen and oxygen atoms in total. The third-order valence-corrected chi connectivity index (χ3v) is 6.58. The minimum atomic E-state index is -0.434. The molecule has 1 unspecified atom stereocenters. The molecule has 4 aromatic rings. The maximum atomic E-state index is 13.2. The van der Waals surface area contributed by atoms with Gasteiger partial charge in [-0.1, -0.05) is 60.1 Å². The van der Waals surface area contributed by atoms with Crippen molar-refractivity contribution in [3.8, 4) is 11.3 Å². The predicted octanol–water partition coefficient (Wildman–Crippen LogP) is 6.52. The topological polar surface area (TPSA) is 68.0 Å². The first-order valence-electron chi connectivity index (χ1n) is 9.18. The fourth-order valence-corrected chi connectivity index (χ4v) is 4.82. The number of nitrogen functional groups attached to an aromatic ring is 1. The Morgan fingerprint density at radius 2 is 1.80 bits per heavy atom. The number of amides is 1. The number of carbonyl (C=O) groups excluding carboxylic acids is 1. The fraction of sp³-hybridized carbons (Fsp3) is 0.0435. The SMILES string of the molecule is Nc1cccc(SC(C(=O)Nc2nc(-c3ccc(Cl)cc3)cs2)c2ccccc2)c1. The highest BCUT2D eigenvalue weighted by Crippen LogP contribution is 2.37. The maximum absolute atomic E-state index is 13.2. The Kier molecular flexibility index (Phi) is 6.38. The van der Waals surface area contributed by atoms with Crippen LogP contribution in [0, 0.1) is 0 Å². The lowest BCUT2D eigenvalue weighted by molar-refractivity contribution is -0.115. The van der Waals surface area contributed by atoms with Gasteiger partial charge in [-0.15, -0.1) is 23.1 Å². The van der Waals surface area contributed by atoms with E-state index in [0.717, 1.165) is 21.7 Å². The second-order valence-corrected chi connectivity index (χ2v) is 8.99. The molecule has 0 aliphatic rings. The van der Waals surface area contributed by atoms with E-state index in [1.54, 1.807) is 0 Å². The fourth-order valence-electron chi connectivity index (χ4n) is 2.88. The molecule has 3 N–H and O–H groups in total. The molecule has 1 atom stereocenters. The third-order valence-electron chi connectivity index (χ3n) is 4.33. The van der Waals surface area contributed by atoms with Crippen molar-refractivity contribution in [3.63, 3.8) is 0 Å². The molecular formula is C23H18ClN3OS2. The molecule has 1 aromatic heterocycles. The van der Waals surface area contributed by atoms with E-state index in [1.807, 2.05) is 84.2 Å². The number of nitrogens with two attached hydrogens (primary N) is 1. The molecule has 3 aromatic carbocycles.